The van der Waals surface area contributed by atoms with Crippen LogP contribution in [0.5, 0.6) is 0 Å². The number of carbonyl (C=O) groups is 1. The van der Waals surface area contributed by atoms with Gasteiger partial charge < -0.3 is 11.1 Å². The third-order valence-electron chi connectivity index (χ3n) is 3.07. The van der Waals surface area contributed by atoms with Crippen molar-refractivity contribution in [2.75, 3.05) is 6.54 Å². The zero-order valence-corrected chi connectivity index (χ0v) is 10.6. The summed E-state index contributed by atoms with van der Waals surface area (Å²) in [5, 5.41) is 3.07. The van der Waals surface area contributed by atoms with Crippen molar-refractivity contribution >= 4 is 5.91 Å². The van der Waals surface area contributed by atoms with Gasteiger partial charge in [0.15, 0.2) is 0 Å². The number of nitrogens with two attached hydrogens (primary N) is 1. The molecule has 94 valence electrons. The molecule has 0 saturated heterocycles. The van der Waals surface area contributed by atoms with E-state index in [1.807, 2.05) is 37.3 Å². The Labute approximate surface area is 103 Å². The zero-order chi connectivity index (χ0) is 12.7. The average Bonchev–Trinajstić information content (AvgIpc) is 2.38. The lowest BCUT2D eigenvalue weighted by molar-refractivity contribution is -0.125. The highest BCUT2D eigenvalue weighted by atomic mass is 16.1. The van der Waals surface area contributed by atoms with E-state index in [-0.39, 0.29) is 17.9 Å². The second-order valence-electron chi connectivity index (χ2n) is 4.22. The van der Waals surface area contributed by atoms with Crippen molar-refractivity contribution in [3.63, 3.8) is 0 Å². The van der Waals surface area contributed by atoms with E-state index >= 15 is 0 Å². The largest absolute Gasteiger partial charge is 0.349 e. The van der Waals surface area contributed by atoms with E-state index in [4.69, 9.17) is 5.73 Å². The number of hydrogen-bond donors (Lipinski definition) is 2. The average molecular weight is 234 g/mol. The molecule has 1 rings (SSSR count). The second-order valence-corrected chi connectivity index (χ2v) is 4.22. The molecule has 3 N–H and O–H groups in total. The smallest absolute Gasteiger partial charge is 0.224 e. The van der Waals surface area contributed by atoms with Crippen LogP contribution in [0.4, 0.5) is 0 Å². The summed E-state index contributed by atoms with van der Waals surface area (Å²) in [6, 6.07) is 10.1. The third kappa shape index (κ3) is 3.86. The van der Waals surface area contributed by atoms with Gasteiger partial charge in [-0.1, -0.05) is 44.2 Å². The Bertz CT molecular complexity index is 333. The van der Waals surface area contributed by atoms with Gasteiger partial charge in [-0.2, -0.15) is 0 Å². The molecule has 2 atom stereocenters. The van der Waals surface area contributed by atoms with Gasteiger partial charge in [-0.25, -0.2) is 0 Å². The van der Waals surface area contributed by atoms with Gasteiger partial charge >= 0.3 is 0 Å². The summed E-state index contributed by atoms with van der Waals surface area (Å²) in [7, 11) is 0. The van der Waals surface area contributed by atoms with Crippen molar-refractivity contribution in [2.45, 2.75) is 32.7 Å². The Kier molecular flexibility index (Phi) is 5.70. The van der Waals surface area contributed by atoms with Crippen LogP contribution in [-0.4, -0.2) is 12.5 Å². The molecule has 0 spiro atoms. The molecule has 1 aromatic carbocycles. The summed E-state index contributed by atoms with van der Waals surface area (Å²) in [6.07, 6.45) is 1.67. The van der Waals surface area contributed by atoms with Crippen LogP contribution in [0.2, 0.25) is 0 Å². The first-order valence-corrected chi connectivity index (χ1v) is 6.28. The van der Waals surface area contributed by atoms with E-state index in [1.54, 1.807) is 0 Å². The van der Waals surface area contributed by atoms with Gasteiger partial charge in [-0.15, -0.1) is 0 Å². The zero-order valence-electron chi connectivity index (χ0n) is 10.6. The van der Waals surface area contributed by atoms with Crippen LogP contribution in [0.3, 0.4) is 0 Å². The number of carbonyl (C=O) groups excluding carboxylic acids is 1. The Hall–Kier alpha value is -1.35. The fourth-order valence-electron chi connectivity index (χ4n) is 1.86. The van der Waals surface area contributed by atoms with Gasteiger partial charge in [0, 0.05) is 12.5 Å². The van der Waals surface area contributed by atoms with Gasteiger partial charge in [-0.3, -0.25) is 4.79 Å². The van der Waals surface area contributed by atoms with Crippen LogP contribution in [0, 0.1) is 5.92 Å². The standard InChI is InChI=1S/C14H22N2O/c1-3-11(10-15)14(17)16-13(4-2)12-8-6-5-7-9-12/h5-9,11,13H,3-4,10,15H2,1-2H3,(H,16,17)/t11?,13-/m0/s1. The molecule has 0 bridgehead atoms. The van der Waals surface area contributed by atoms with Gasteiger partial charge in [-0.05, 0) is 18.4 Å². The highest BCUT2D eigenvalue weighted by Crippen LogP contribution is 2.16. The quantitative estimate of drug-likeness (QED) is 0.793. The highest BCUT2D eigenvalue weighted by Gasteiger charge is 2.18. The van der Waals surface area contributed by atoms with E-state index in [9.17, 15) is 4.79 Å². The van der Waals surface area contributed by atoms with Crippen molar-refractivity contribution in [1.29, 1.82) is 0 Å². The predicted octanol–water partition coefficient (Wildman–Crippen LogP) is 2.24. The molecule has 0 heterocycles. The number of amides is 1. The van der Waals surface area contributed by atoms with Crippen LogP contribution >= 0.6 is 0 Å². The van der Waals surface area contributed by atoms with Crippen molar-refractivity contribution < 1.29 is 4.79 Å². The highest BCUT2D eigenvalue weighted by molar-refractivity contribution is 5.79. The maximum Gasteiger partial charge on any atom is 0.224 e. The summed E-state index contributed by atoms with van der Waals surface area (Å²) in [5.74, 6) is -0.0153. The molecule has 0 fully saturated rings. The maximum atomic E-state index is 12.0. The van der Waals surface area contributed by atoms with E-state index in [0.29, 0.717) is 6.54 Å². The Morgan fingerprint density at radius 2 is 1.88 bits per heavy atom. The van der Waals surface area contributed by atoms with Crippen molar-refractivity contribution in [3.8, 4) is 0 Å². The molecule has 0 radical (unpaired) electrons. The first kappa shape index (κ1) is 13.7. The van der Waals surface area contributed by atoms with E-state index < -0.39 is 0 Å². The Morgan fingerprint density at radius 3 is 2.35 bits per heavy atom. The molecule has 1 amide bonds. The number of rotatable bonds is 6. The summed E-state index contributed by atoms with van der Waals surface area (Å²) in [6.45, 7) is 4.47. The summed E-state index contributed by atoms with van der Waals surface area (Å²) >= 11 is 0. The molecule has 3 nitrogen and oxygen atoms in total. The molecule has 1 unspecified atom stereocenters. The van der Waals surface area contributed by atoms with Gasteiger partial charge in [0.2, 0.25) is 5.91 Å². The Morgan fingerprint density at radius 1 is 1.24 bits per heavy atom. The van der Waals surface area contributed by atoms with Gasteiger partial charge in [0.05, 0.1) is 6.04 Å². The van der Waals surface area contributed by atoms with Crippen LogP contribution in [0.1, 0.15) is 38.3 Å². The van der Waals surface area contributed by atoms with Gasteiger partial charge in [0.1, 0.15) is 0 Å². The molecule has 3 heteroatoms. The number of nitrogens with one attached hydrogen (secondary N) is 1. The van der Waals surface area contributed by atoms with Gasteiger partial charge in [0.25, 0.3) is 0 Å². The van der Waals surface area contributed by atoms with Crippen molar-refractivity contribution in [1.82, 2.24) is 5.32 Å². The fourth-order valence-corrected chi connectivity index (χ4v) is 1.86. The molecule has 1 aromatic rings. The van der Waals surface area contributed by atoms with Crippen LogP contribution in [-0.2, 0) is 4.79 Å². The third-order valence-corrected chi connectivity index (χ3v) is 3.07. The monoisotopic (exact) mass is 234 g/mol. The second kappa shape index (κ2) is 7.07. The fraction of sp³-hybridized carbons (Fsp3) is 0.500. The lowest BCUT2D eigenvalue weighted by Crippen LogP contribution is -2.36. The SMILES string of the molecule is CCC(CN)C(=O)N[C@@H](CC)c1ccccc1. The van der Waals surface area contributed by atoms with E-state index in [1.165, 1.54) is 0 Å². The van der Waals surface area contributed by atoms with Crippen molar-refractivity contribution in [2.24, 2.45) is 11.7 Å². The molecular weight excluding hydrogens is 212 g/mol. The van der Waals surface area contributed by atoms with E-state index in [0.717, 1.165) is 18.4 Å². The van der Waals surface area contributed by atoms with Crippen molar-refractivity contribution in [3.05, 3.63) is 35.9 Å². The summed E-state index contributed by atoms with van der Waals surface area (Å²) in [5.41, 5.74) is 6.73. The molecule has 0 aromatic heterocycles. The van der Waals surface area contributed by atoms with Crippen LogP contribution in [0.25, 0.3) is 0 Å². The lowest BCUT2D eigenvalue weighted by atomic mass is 10.0. The van der Waals surface area contributed by atoms with E-state index in [2.05, 4.69) is 12.2 Å². The minimum atomic E-state index is -0.0761. The first-order valence-electron chi connectivity index (χ1n) is 6.28. The molecule has 0 saturated carbocycles. The van der Waals surface area contributed by atoms with Crippen LogP contribution in [0.15, 0.2) is 30.3 Å². The molecular formula is C14H22N2O. The molecule has 0 aliphatic carbocycles. The lowest BCUT2D eigenvalue weighted by Gasteiger charge is -2.20. The topological polar surface area (TPSA) is 55.1 Å². The number of hydrogen-bond acceptors (Lipinski definition) is 2. The number of benzene rings is 1. The maximum absolute atomic E-state index is 12.0. The predicted molar refractivity (Wildman–Crippen MR) is 70.5 cm³/mol. The molecule has 17 heavy (non-hydrogen) atoms. The van der Waals surface area contributed by atoms with Crippen LogP contribution < -0.4 is 11.1 Å². The Balaban J connectivity index is 2.68. The molecule has 0 aliphatic heterocycles. The minimum Gasteiger partial charge on any atom is -0.349 e. The summed E-state index contributed by atoms with van der Waals surface area (Å²) < 4.78 is 0. The normalized spacial score (nSPS) is 14.1. The minimum absolute atomic E-state index is 0.0608. The first-order chi connectivity index (χ1) is 8.22. The summed E-state index contributed by atoms with van der Waals surface area (Å²) in [4.78, 5) is 12.0. The molecule has 0 aliphatic rings.